The molecule has 0 aliphatic heterocycles. The van der Waals surface area contributed by atoms with E-state index in [4.69, 9.17) is 4.42 Å². The van der Waals surface area contributed by atoms with Gasteiger partial charge in [-0.05, 0) is 31.5 Å². The highest BCUT2D eigenvalue weighted by Gasteiger charge is 2.32. The molecule has 2 nitrogen and oxygen atoms in total. The summed E-state index contributed by atoms with van der Waals surface area (Å²) < 4.78 is 5.69. The Morgan fingerprint density at radius 3 is 2.30 bits per heavy atom. The fraction of sp³-hybridized carbons (Fsp3) is 0.167. The molecule has 0 aliphatic carbocycles. The summed E-state index contributed by atoms with van der Waals surface area (Å²) in [6.07, 6.45) is 0. The lowest BCUT2D eigenvalue weighted by molar-refractivity contribution is 0.0882. The average molecular weight is 264 g/mol. The minimum Gasteiger partial charge on any atom is -0.453 e. The lowest BCUT2D eigenvalue weighted by atomic mass is 9.80. The summed E-state index contributed by atoms with van der Waals surface area (Å²) in [5.41, 5.74) is 1.14. The summed E-state index contributed by atoms with van der Waals surface area (Å²) in [5.74, 6) is 0.417. The number of hydrogen-bond acceptors (Lipinski definition) is 2. The first-order valence-corrected chi connectivity index (χ1v) is 6.68. The van der Waals surface area contributed by atoms with Crippen LogP contribution in [0.4, 0.5) is 0 Å². The molecule has 0 saturated heterocycles. The first-order chi connectivity index (χ1) is 9.59. The van der Waals surface area contributed by atoms with Crippen molar-refractivity contribution < 1.29 is 9.21 Å². The van der Waals surface area contributed by atoms with Gasteiger partial charge in [-0.15, -0.1) is 0 Å². The number of carbonyl (C=O) groups is 1. The van der Waals surface area contributed by atoms with Gasteiger partial charge in [0.05, 0.1) is 5.41 Å². The predicted molar refractivity (Wildman–Crippen MR) is 80.0 cm³/mol. The lowest BCUT2D eigenvalue weighted by Crippen LogP contribution is -2.28. The third-order valence-electron chi connectivity index (χ3n) is 3.71. The fourth-order valence-electron chi connectivity index (χ4n) is 2.39. The van der Waals surface area contributed by atoms with Gasteiger partial charge >= 0.3 is 0 Å². The number of furan rings is 1. The second-order valence-electron chi connectivity index (χ2n) is 5.47. The van der Waals surface area contributed by atoms with Gasteiger partial charge in [-0.25, -0.2) is 0 Å². The van der Waals surface area contributed by atoms with Crippen LogP contribution < -0.4 is 0 Å². The minimum atomic E-state index is -0.602. The van der Waals surface area contributed by atoms with Crippen molar-refractivity contribution in [3.05, 3.63) is 72.0 Å². The maximum Gasteiger partial charge on any atom is 0.207 e. The van der Waals surface area contributed by atoms with E-state index in [9.17, 15) is 4.79 Å². The van der Waals surface area contributed by atoms with E-state index in [1.807, 2.05) is 74.5 Å². The number of ketones is 1. The number of rotatable bonds is 3. The maximum atomic E-state index is 12.7. The molecule has 1 aromatic heterocycles. The summed E-state index contributed by atoms with van der Waals surface area (Å²) in [6.45, 7) is 3.86. The second-order valence-corrected chi connectivity index (χ2v) is 5.47. The monoisotopic (exact) mass is 264 g/mol. The Balaban J connectivity index is 2.03. The molecular formula is C18H16O2. The Morgan fingerprint density at radius 1 is 0.950 bits per heavy atom. The maximum absolute atomic E-state index is 12.7. The van der Waals surface area contributed by atoms with Gasteiger partial charge in [0.1, 0.15) is 5.58 Å². The van der Waals surface area contributed by atoms with E-state index >= 15 is 0 Å². The van der Waals surface area contributed by atoms with Gasteiger partial charge in [0.25, 0.3) is 0 Å². The molecule has 0 aliphatic rings. The average Bonchev–Trinajstić information content (AvgIpc) is 2.91. The normalized spacial score (nSPS) is 11.7. The number of para-hydroxylation sites is 1. The van der Waals surface area contributed by atoms with Crippen LogP contribution in [0.3, 0.4) is 0 Å². The summed E-state index contributed by atoms with van der Waals surface area (Å²) in [5, 5.41) is 0.958. The molecule has 0 unspecified atom stereocenters. The molecule has 0 fully saturated rings. The van der Waals surface area contributed by atoms with Crippen molar-refractivity contribution in [1.82, 2.24) is 0 Å². The van der Waals surface area contributed by atoms with Crippen molar-refractivity contribution in [2.24, 2.45) is 0 Å². The van der Waals surface area contributed by atoms with Gasteiger partial charge < -0.3 is 4.42 Å². The minimum absolute atomic E-state index is 0.0000926. The van der Waals surface area contributed by atoms with E-state index in [1.165, 1.54) is 0 Å². The Hall–Kier alpha value is -2.35. The molecule has 0 radical (unpaired) electrons. The van der Waals surface area contributed by atoms with Crippen molar-refractivity contribution in [2.75, 3.05) is 0 Å². The predicted octanol–water partition coefficient (Wildman–Crippen LogP) is 4.59. The molecule has 100 valence electrons. The molecule has 0 atom stereocenters. The van der Waals surface area contributed by atoms with E-state index in [2.05, 4.69) is 0 Å². The third kappa shape index (κ3) is 2.03. The third-order valence-corrected chi connectivity index (χ3v) is 3.71. The zero-order valence-corrected chi connectivity index (χ0v) is 11.6. The second kappa shape index (κ2) is 4.64. The lowest BCUT2D eigenvalue weighted by Gasteiger charge is -2.22. The van der Waals surface area contributed by atoms with Gasteiger partial charge in [-0.2, -0.15) is 0 Å². The van der Waals surface area contributed by atoms with Gasteiger partial charge in [-0.1, -0.05) is 48.5 Å². The number of hydrogen-bond donors (Lipinski definition) is 0. The molecule has 20 heavy (non-hydrogen) atoms. The molecule has 3 rings (SSSR count). The first-order valence-electron chi connectivity index (χ1n) is 6.68. The number of Topliss-reactive ketones (excluding diaryl/α,β-unsaturated/α-hetero) is 1. The molecule has 1 heterocycles. The number of carbonyl (C=O) groups excluding carboxylic acids is 1. The zero-order chi connectivity index (χ0) is 14.2. The van der Waals surface area contributed by atoms with Crippen LogP contribution in [0, 0.1) is 0 Å². The van der Waals surface area contributed by atoms with E-state index in [0.717, 1.165) is 16.5 Å². The number of fused-ring (bicyclic) bond motifs is 1. The highest BCUT2D eigenvalue weighted by atomic mass is 16.3. The highest BCUT2D eigenvalue weighted by Crippen LogP contribution is 2.30. The molecule has 2 heteroatoms. The van der Waals surface area contributed by atoms with Crippen LogP contribution in [0.2, 0.25) is 0 Å². The van der Waals surface area contributed by atoms with Crippen LogP contribution in [0.15, 0.2) is 65.1 Å². The topological polar surface area (TPSA) is 30.2 Å². The van der Waals surface area contributed by atoms with Gasteiger partial charge in [0, 0.05) is 5.39 Å². The van der Waals surface area contributed by atoms with Crippen molar-refractivity contribution in [3.8, 4) is 0 Å². The SMILES string of the molecule is CC(C)(C(=O)c1cc2ccccc2o1)c1ccccc1. The molecule has 0 bridgehead atoms. The van der Waals surface area contributed by atoms with E-state index < -0.39 is 5.41 Å². The molecule has 0 amide bonds. The van der Waals surface area contributed by atoms with E-state index in [1.54, 1.807) is 0 Å². The van der Waals surface area contributed by atoms with Crippen LogP contribution in [-0.4, -0.2) is 5.78 Å². The molecule has 3 aromatic rings. The standard InChI is InChI=1S/C18H16O2/c1-18(2,14-9-4-3-5-10-14)17(19)16-12-13-8-6-7-11-15(13)20-16/h3-12H,1-2H3. The van der Waals surface area contributed by atoms with Gasteiger partial charge in [-0.3, -0.25) is 4.79 Å². The smallest absolute Gasteiger partial charge is 0.207 e. The molecule has 0 saturated carbocycles. The highest BCUT2D eigenvalue weighted by molar-refractivity contribution is 6.04. The molecular weight excluding hydrogens is 248 g/mol. The fourth-order valence-corrected chi connectivity index (χ4v) is 2.39. The Bertz CT molecular complexity index is 718. The summed E-state index contributed by atoms with van der Waals surface area (Å²) in [6, 6.07) is 19.3. The molecule has 2 aromatic carbocycles. The molecule has 0 N–H and O–H groups in total. The van der Waals surface area contributed by atoms with Crippen LogP contribution in [0.25, 0.3) is 11.0 Å². The van der Waals surface area contributed by atoms with Gasteiger partial charge in [0.15, 0.2) is 5.76 Å². The van der Waals surface area contributed by atoms with Crippen LogP contribution >= 0.6 is 0 Å². The van der Waals surface area contributed by atoms with Crippen molar-refractivity contribution in [2.45, 2.75) is 19.3 Å². The Labute approximate surface area is 118 Å². The quantitative estimate of drug-likeness (QED) is 0.647. The molecule has 0 spiro atoms. The Kier molecular flexibility index (Phi) is 2.94. The van der Waals surface area contributed by atoms with Crippen molar-refractivity contribution in [1.29, 1.82) is 0 Å². The number of benzene rings is 2. The Morgan fingerprint density at radius 2 is 1.60 bits per heavy atom. The largest absolute Gasteiger partial charge is 0.453 e. The van der Waals surface area contributed by atoms with Crippen LogP contribution in [0.1, 0.15) is 30.0 Å². The van der Waals surface area contributed by atoms with Crippen LogP contribution in [0.5, 0.6) is 0 Å². The van der Waals surface area contributed by atoms with E-state index in [-0.39, 0.29) is 5.78 Å². The van der Waals surface area contributed by atoms with Gasteiger partial charge in [0.2, 0.25) is 5.78 Å². The van der Waals surface area contributed by atoms with E-state index in [0.29, 0.717) is 5.76 Å². The summed E-state index contributed by atoms with van der Waals surface area (Å²) in [7, 11) is 0. The first kappa shape index (κ1) is 12.7. The van der Waals surface area contributed by atoms with Crippen molar-refractivity contribution in [3.63, 3.8) is 0 Å². The van der Waals surface area contributed by atoms with Crippen LogP contribution in [-0.2, 0) is 5.41 Å². The van der Waals surface area contributed by atoms with Crippen molar-refractivity contribution >= 4 is 16.8 Å². The summed E-state index contributed by atoms with van der Waals surface area (Å²) in [4.78, 5) is 12.7. The zero-order valence-electron chi connectivity index (χ0n) is 11.6. The summed E-state index contributed by atoms with van der Waals surface area (Å²) >= 11 is 0.